The van der Waals surface area contributed by atoms with Gasteiger partial charge in [-0.15, -0.1) is 11.6 Å². The molecule has 0 N–H and O–H groups in total. The summed E-state index contributed by atoms with van der Waals surface area (Å²) in [6, 6.07) is 8.20. The van der Waals surface area contributed by atoms with E-state index in [1.807, 2.05) is 18.5 Å². The van der Waals surface area contributed by atoms with Crippen molar-refractivity contribution in [3.8, 4) is 0 Å². The number of nitrogens with zero attached hydrogens (tertiary/aromatic N) is 4. The van der Waals surface area contributed by atoms with Gasteiger partial charge < -0.3 is 4.57 Å². The first-order valence-electron chi connectivity index (χ1n) is 11.0. The second-order valence-electron chi connectivity index (χ2n) is 9.58. The number of benzene rings is 1. The predicted octanol–water partition coefficient (Wildman–Crippen LogP) is 6.51. The first-order valence-corrected chi connectivity index (χ1v) is 11.9. The van der Waals surface area contributed by atoms with Crippen molar-refractivity contribution in [3.63, 3.8) is 0 Å². The number of hydrogen-bond donors (Lipinski definition) is 0. The van der Waals surface area contributed by atoms with Crippen molar-refractivity contribution in [2.45, 2.75) is 69.7 Å². The van der Waals surface area contributed by atoms with Gasteiger partial charge in [-0.3, -0.25) is 0 Å². The van der Waals surface area contributed by atoms with Gasteiger partial charge in [-0.05, 0) is 68.6 Å². The minimum Gasteiger partial charge on any atom is -0.331 e. The number of rotatable bonds is 9. The lowest BCUT2D eigenvalue weighted by molar-refractivity contribution is -0.182. The smallest absolute Gasteiger partial charge is 0.0954 e. The molecule has 1 aromatic heterocycles. The maximum absolute atomic E-state index is 6.27. The molecule has 6 rings (SSSR count). The topological polar surface area (TPSA) is 42.5 Å². The standard InChI is InChI=1S/C24H28Cl2N4/c1-17-12-30(16-27-17)24-13-23(14-24,15-24)11-20-10-22(29-28-20)21(7-2-3-8-25)18-5-4-6-19(26)9-18/h4-6,9,12,16,21H,2-3,7-8,10-11,13-15H2,1H3. The molecule has 0 spiro atoms. The third-order valence-corrected chi connectivity index (χ3v) is 7.69. The molecule has 0 saturated heterocycles. The first kappa shape index (κ1) is 20.3. The number of imidazole rings is 1. The summed E-state index contributed by atoms with van der Waals surface area (Å²) in [5, 5.41) is 10.1. The van der Waals surface area contributed by atoms with Crippen LogP contribution in [0.25, 0.3) is 0 Å². The van der Waals surface area contributed by atoms with Crippen LogP contribution in [-0.2, 0) is 5.54 Å². The zero-order valence-corrected chi connectivity index (χ0v) is 19.0. The highest BCUT2D eigenvalue weighted by molar-refractivity contribution is 6.30. The predicted molar refractivity (Wildman–Crippen MR) is 124 cm³/mol. The molecule has 2 bridgehead atoms. The molecule has 0 radical (unpaired) electrons. The summed E-state index contributed by atoms with van der Waals surface area (Å²) < 4.78 is 2.34. The van der Waals surface area contributed by atoms with E-state index >= 15 is 0 Å². The molecular weight excluding hydrogens is 415 g/mol. The quantitative estimate of drug-likeness (QED) is 0.322. The number of alkyl halides is 1. The molecule has 2 aromatic rings. The molecule has 2 heterocycles. The molecule has 1 atom stereocenters. The van der Waals surface area contributed by atoms with Crippen LogP contribution in [0, 0.1) is 12.3 Å². The Kier molecular flexibility index (Phi) is 5.27. The Labute approximate surface area is 188 Å². The number of hydrogen-bond acceptors (Lipinski definition) is 3. The summed E-state index contributed by atoms with van der Waals surface area (Å²) in [5.41, 5.74) is 5.56. The van der Waals surface area contributed by atoms with E-state index in [0.717, 1.165) is 42.8 Å². The van der Waals surface area contributed by atoms with Crippen molar-refractivity contribution in [2.75, 3.05) is 5.88 Å². The van der Waals surface area contributed by atoms with E-state index in [1.165, 1.54) is 36.2 Å². The number of unbranched alkanes of at least 4 members (excludes halogenated alkanes) is 1. The van der Waals surface area contributed by atoms with Crippen LogP contribution in [-0.4, -0.2) is 26.9 Å². The van der Waals surface area contributed by atoms with Crippen LogP contribution in [0.3, 0.4) is 0 Å². The first-order chi connectivity index (χ1) is 14.5. The average Bonchev–Trinajstić information content (AvgIpc) is 3.30. The van der Waals surface area contributed by atoms with Crippen molar-refractivity contribution in [2.24, 2.45) is 15.6 Å². The Hall–Kier alpha value is -1.65. The highest BCUT2D eigenvalue weighted by Gasteiger charge is 2.68. The molecule has 4 aliphatic rings. The Bertz CT molecular complexity index is 986. The maximum atomic E-state index is 6.27. The third-order valence-electron chi connectivity index (χ3n) is 7.19. The van der Waals surface area contributed by atoms with E-state index in [2.05, 4.69) is 45.0 Å². The van der Waals surface area contributed by atoms with E-state index < -0.39 is 0 Å². The Balaban J connectivity index is 1.21. The van der Waals surface area contributed by atoms with Crippen molar-refractivity contribution >= 4 is 34.6 Å². The summed E-state index contributed by atoms with van der Waals surface area (Å²) >= 11 is 12.2. The Morgan fingerprint density at radius 2 is 2.00 bits per heavy atom. The van der Waals surface area contributed by atoms with Gasteiger partial charge in [0.1, 0.15) is 0 Å². The van der Waals surface area contributed by atoms with Crippen LogP contribution >= 0.6 is 23.2 Å². The SMILES string of the molecule is Cc1cn(C23CC(CC4=NN=C(C(CCCCCl)c5cccc(Cl)c5)C4)(C2)C3)cn1. The lowest BCUT2D eigenvalue weighted by atomic mass is 9.38. The van der Waals surface area contributed by atoms with Gasteiger partial charge in [0.05, 0.1) is 17.7 Å². The second-order valence-corrected chi connectivity index (χ2v) is 10.4. The zero-order valence-electron chi connectivity index (χ0n) is 17.5. The summed E-state index contributed by atoms with van der Waals surface area (Å²) in [6.07, 6.45) is 13.1. The van der Waals surface area contributed by atoms with Crippen molar-refractivity contribution in [3.05, 3.63) is 53.1 Å². The minimum absolute atomic E-state index is 0.279. The van der Waals surface area contributed by atoms with E-state index in [9.17, 15) is 0 Å². The lowest BCUT2D eigenvalue weighted by Gasteiger charge is -2.71. The Morgan fingerprint density at radius 3 is 2.70 bits per heavy atom. The summed E-state index contributed by atoms with van der Waals surface area (Å²) in [7, 11) is 0. The van der Waals surface area contributed by atoms with Gasteiger partial charge in [-0.1, -0.05) is 30.2 Å². The number of halogens is 2. The van der Waals surface area contributed by atoms with Crippen LogP contribution in [0.1, 0.15) is 68.5 Å². The Morgan fingerprint density at radius 1 is 1.17 bits per heavy atom. The van der Waals surface area contributed by atoms with Gasteiger partial charge in [0.25, 0.3) is 0 Å². The van der Waals surface area contributed by atoms with Gasteiger partial charge >= 0.3 is 0 Å². The van der Waals surface area contributed by atoms with Gasteiger partial charge in [0, 0.05) is 40.7 Å². The van der Waals surface area contributed by atoms with Crippen LogP contribution in [0.4, 0.5) is 0 Å². The molecule has 4 nitrogen and oxygen atoms in total. The van der Waals surface area contributed by atoms with Crippen molar-refractivity contribution in [1.29, 1.82) is 0 Å². The fourth-order valence-electron chi connectivity index (χ4n) is 5.91. The molecule has 3 saturated carbocycles. The highest BCUT2D eigenvalue weighted by Crippen LogP contribution is 2.73. The van der Waals surface area contributed by atoms with Crippen molar-refractivity contribution in [1.82, 2.24) is 9.55 Å². The molecule has 30 heavy (non-hydrogen) atoms. The van der Waals surface area contributed by atoms with Crippen LogP contribution in [0.5, 0.6) is 0 Å². The van der Waals surface area contributed by atoms with E-state index in [4.69, 9.17) is 23.2 Å². The fourth-order valence-corrected chi connectivity index (χ4v) is 6.30. The second kappa shape index (κ2) is 7.80. The lowest BCUT2D eigenvalue weighted by Crippen LogP contribution is -2.67. The number of aromatic nitrogens is 2. The fraction of sp³-hybridized carbons (Fsp3) is 0.542. The molecule has 3 fully saturated rings. The monoisotopic (exact) mass is 442 g/mol. The van der Waals surface area contributed by atoms with Gasteiger partial charge in [0.2, 0.25) is 0 Å². The average molecular weight is 443 g/mol. The maximum Gasteiger partial charge on any atom is 0.0954 e. The zero-order chi connectivity index (χ0) is 20.8. The molecule has 158 valence electrons. The minimum atomic E-state index is 0.279. The van der Waals surface area contributed by atoms with Crippen LogP contribution in [0.2, 0.25) is 5.02 Å². The van der Waals surface area contributed by atoms with E-state index in [0.29, 0.717) is 16.8 Å². The van der Waals surface area contributed by atoms with Gasteiger partial charge in [0.15, 0.2) is 0 Å². The van der Waals surface area contributed by atoms with E-state index in [1.54, 1.807) is 0 Å². The molecule has 1 aromatic carbocycles. The third kappa shape index (κ3) is 3.62. The molecule has 3 aliphatic carbocycles. The molecule has 0 amide bonds. The summed E-state index contributed by atoms with van der Waals surface area (Å²) in [6.45, 7) is 2.06. The molecule has 1 unspecified atom stereocenters. The highest BCUT2D eigenvalue weighted by atomic mass is 35.5. The summed E-state index contributed by atoms with van der Waals surface area (Å²) in [5.74, 6) is 0.985. The van der Waals surface area contributed by atoms with Crippen LogP contribution in [0.15, 0.2) is 47.0 Å². The molecule has 6 heteroatoms. The van der Waals surface area contributed by atoms with E-state index in [-0.39, 0.29) is 5.92 Å². The number of aryl methyl sites for hydroxylation is 1. The molecule has 1 aliphatic heterocycles. The largest absolute Gasteiger partial charge is 0.331 e. The normalized spacial score (nSPS) is 27.8. The van der Waals surface area contributed by atoms with Gasteiger partial charge in [-0.2, -0.15) is 10.2 Å². The van der Waals surface area contributed by atoms with Crippen LogP contribution < -0.4 is 0 Å². The van der Waals surface area contributed by atoms with Crippen molar-refractivity contribution < 1.29 is 0 Å². The summed E-state index contributed by atoms with van der Waals surface area (Å²) in [4.78, 5) is 4.41. The molecular formula is C24H28Cl2N4. The van der Waals surface area contributed by atoms with Gasteiger partial charge in [-0.25, -0.2) is 4.98 Å².